The van der Waals surface area contributed by atoms with Crippen LogP contribution in [0, 0.1) is 0 Å². The van der Waals surface area contributed by atoms with Crippen molar-refractivity contribution in [2.75, 3.05) is 17.2 Å². The highest BCUT2D eigenvalue weighted by atomic mass is 16.3. The van der Waals surface area contributed by atoms with Crippen molar-refractivity contribution in [3.8, 4) is 0 Å². The van der Waals surface area contributed by atoms with Crippen molar-refractivity contribution in [3.63, 3.8) is 0 Å². The molecule has 0 bridgehead atoms. The first-order valence-corrected chi connectivity index (χ1v) is 9.46. The maximum atomic E-state index is 12.1. The zero-order valence-electron chi connectivity index (χ0n) is 16.3. The summed E-state index contributed by atoms with van der Waals surface area (Å²) in [4.78, 5) is 20.8. The number of aliphatic hydroxyl groups is 1. The summed E-state index contributed by atoms with van der Waals surface area (Å²) in [6.45, 7) is 3.89. The number of nitrogens with zero attached hydrogens (tertiary/aromatic N) is 2. The lowest BCUT2D eigenvalue weighted by Gasteiger charge is -2.20. The first kappa shape index (κ1) is 18.9. The largest absolute Gasteiger partial charge is 0.394 e. The highest BCUT2D eigenvalue weighted by Gasteiger charge is 2.34. The molecule has 1 aliphatic rings. The Bertz CT molecular complexity index is 1040. The zero-order chi connectivity index (χ0) is 20.4. The molecule has 0 unspecified atom stereocenters. The van der Waals surface area contributed by atoms with E-state index in [0.717, 1.165) is 16.8 Å². The lowest BCUT2D eigenvalue weighted by atomic mass is 9.94. The number of nitrogens with one attached hydrogen (secondary N) is 3. The maximum absolute atomic E-state index is 12.1. The summed E-state index contributed by atoms with van der Waals surface area (Å²) in [6.07, 6.45) is 1.65. The van der Waals surface area contributed by atoms with Gasteiger partial charge in [-0.25, -0.2) is 4.98 Å². The van der Waals surface area contributed by atoms with Crippen LogP contribution in [0.25, 0.3) is 0 Å². The second-order valence-electron chi connectivity index (χ2n) is 7.52. The van der Waals surface area contributed by atoms with E-state index in [0.29, 0.717) is 17.3 Å². The van der Waals surface area contributed by atoms with Gasteiger partial charge in [0, 0.05) is 17.4 Å². The van der Waals surface area contributed by atoms with E-state index >= 15 is 0 Å². The fraction of sp³-hybridized carbons (Fsp3) is 0.227. The van der Waals surface area contributed by atoms with Crippen molar-refractivity contribution >= 4 is 23.4 Å². The highest BCUT2D eigenvalue weighted by Crippen LogP contribution is 2.33. The van der Waals surface area contributed by atoms with Crippen LogP contribution in [0.1, 0.15) is 41.4 Å². The van der Waals surface area contributed by atoms with Gasteiger partial charge in [0.25, 0.3) is 5.91 Å². The fourth-order valence-electron chi connectivity index (χ4n) is 3.48. The first-order chi connectivity index (χ1) is 14.0. The van der Waals surface area contributed by atoms with E-state index in [9.17, 15) is 9.90 Å². The van der Waals surface area contributed by atoms with Crippen LogP contribution in [0.2, 0.25) is 0 Å². The molecule has 0 radical (unpaired) electrons. The molecule has 0 saturated heterocycles. The molecule has 0 aliphatic carbocycles. The number of amides is 1. The van der Waals surface area contributed by atoms with Crippen LogP contribution < -0.4 is 16.0 Å². The Morgan fingerprint density at radius 2 is 1.93 bits per heavy atom. The number of carbonyl (C=O) groups is 1. The van der Waals surface area contributed by atoms with E-state index in [1.54, 1.807) is 18.3 Å². The second kappa shape index (κ2) is 7.52. The third kappa shape index (κ3) is 3.90. The Labute approximate surface area is 169 Å². The Kier molecular flexibility index (Phi) is 4.90. The molecule has 2 aromatic carbocycles. The number of rotatable bonds is 6. The second-order valence-corrected chi connectivity index (χ2v) is 7.52. The number of carbonyl (C=O) groups excluding carboxylic acids is 1. The van der Waals surface area contributed by atoms with Gasteiger partial charge in [-0.3, -0.25) is 4.79 Å². The van der Waals surface area contributed by atoms with Gasteiger partial charge in [0.1, 0.15) is 5.82 Å². The summed E-state index contributed by atoms with van der Waals surface area (Å²) in [5.74, 6) is 0.966. The van der Waals surface area contributed by atoms with E-state index in [1.807, 2.05) is 56.3 Å². The normalized spacial score (nSPS) is 15.3. The van der Waals surface area contributed by atoms with Gasteiger partial charge in [0.05, 0.1) is 18.2 Å². The minimum absolute atomic E-state index is 0.0578. The number of hydrogen-bond acceptors (Lipinski definition) is 6. The van der Waals surface area contributed by atoms with E-state index in [2.05, 4.69) is 25.9 Å². The van der Waals surface area contributed by atoms with Crippen LogP contribution >= 0.6 is 0 Å². The molecular formula is C22H23N5O2. The van der Waals surface area contributed by atoms with E-state index in [4.69, 9.17) is 0 Å². The first-order valence-electron chi connectivity index (χ1n) is 9.46. The molecule has 1 atom stereocenters. The number of anilines is 3. The molecular weight excluding hydrogens is 366 g/mol. The van der Waals surface area contributed by atoms with Gasteiger partial charge in [-0.2, -0.15) is 4.98 Å². The van der Waals surface area contributed by atoms with Gasteiger partial charge < -0.3 is 21.1 Å². The van der Waals surface area contributed by atoms with Crippen LogP contribution in [0.4, 0.5) is 17.5 Å². The molecule has 7 heteroatoms. The van der Waals surface area contributed by atoms with Crippen molar-refractivity contribution in [2.45, 2.75) is 25.4 Å². The van der Waals surface area contributed by atoms with Crippen molar-refractivity contribution in [2.24, 2.45) is 0 Å². The zero-order valence-corrected chi connectivity index (χ0v) is 16.3. The minimum atomic E-state index is -0.418. The van der Waals surface area contributed by atoms with E-state index < -0.39 is 5.54 Å². The van der Waals surface area contributed by atoms with Gasteiger partial charge in [-0.05, 0) is 49.2 Å². The summed E-state index contributed by atoms with van der Waals surface area (Å²) >= 11 is 0. The Hall–Kier alpha value is -3.45. The molecule has 0 fully saturated rings. The molecule has 1 aliphatic heterocycles. The Morgan fingerprint density at radius 1 is 1.14 bits per heavy atom. The summed E-state index contributed by atoms with van der Waals surface area (Å²) in [7, 11) is 0. The van der Waals surface area contributed by atoms with Crippen molar-refractivity contribution in [1.82, 2.24) is 15.3 Å². The third-order valence-electron chi connectivity index (χ3n) is 4.98. The summed E-state index contributed by atoms with van der Waals surface area (Å²) in [5.41, 5.74) is 2.98. The summed E-state index contributed by atoms with van der Waals surface area (Å²) in [5, 5.41) is 19.2. The molecule has 4 rings (SSSR count). The third-order valence-corrected chi connectivity index (χ3v) is 4.98. The van der Waals surface area contributed by atoms with Gasteiger partial charge in [0.2, 0.25) is 5.95 Å². The summed E-state index contributed by atoms with van der Waals surface area (Å²) in [6, 6.07) is 16.8. The van der Waals surface area contributed by atoms with E-state index in [1.165, 1.54) is 0 Å². The molecule has 0 saturated carbocycles. The van der Waals surface area contributed by atoms with Gasteiger partial charge >= 0.3 is 0 Å². The predicted molar refractivity (Wildman–Crippen MR) is 112 cm³/mol. The summed E-state index contributed by atoms with van der Waals surface area (Å²) < 4.78 is 0. The molecule has 4 N–H and O–H groups in total. The van der Waals surface area contributed by atoms with Gasteiger partial charge in [-0.15, -0.1) is 0 Å². The molecule has 7 nitrogen and oxygen atoms in total. The molecule has 1 aromatic heterocycles. The quantitative estimate of drug-likeness (QED) is 0.516. The average Bonchev–Trinajstić information content (AvgIpc) is 2.95. The smallest absolute Gasteiger partial charge is 0.252 e. The van der Waals surface area contributed by atoms with Gasteiger partial charge in [0.15, 0.2) is 0 Å². The maximum Gasteiger partial charge on any atom is 0.252 e. The highest BCUT2D eigenvalue weighted by molar-refractivity contribution is 6.00. The molecule has 1 amide bonds. The number of aliphatic hydroxyl groups excluding tert-OH is 1. The van der Waals surface area contributed by atoms with Crippen LogP contribution in [0.3, 0.4) is 0 Å². The minimum Gasteiger partial charge on any atom is -0.394 e. The number of hydrogen-bond donors (Lipinski definition) is 4. The molecule has 2 heterocycles. The lowest BCUT2D eigenvalue weighted by molar-refractivity contribution is 0.0940. The van der Waals surface area contributed by atoms with Gasteiger partial charge in [-0.1, -0.05) is 30.3 Å². The predicted octanol–water partition coefficient (Wildman–Crippen LogP) is 3.34. The van der Waals surface area contributed by atoms with Crippen LogP contribution in [-0.4, -0.2) is 27.6 Å². The van der Waals surface area contributed by atoms with Crippen molar-refractivity contribution in [1.29, 1.82) is 0 Å². The topological polar surface area (TPSA) is 99.2 Å². The van der Waals surface area contributed by atoms with Crippen molar-refractivity contribution < 1.29 is 9.90 Å². The standard InChI is InChI=1S/C22H23N5O2/c1-22(2)17-12-15(8-9-16(17)20(29)27-22)24-21-23-11-10-19(26-21)25-18(13-28)14-6-4-3-5-7-14/h3-12,18,28H,13H2,1-2H3,(H,27,29)(H2,23,24,25,26)/t18-/m1/s1. The molecule has 3 aromatic rings. The number of aromatic nitrogens is 2. The number of fused-ring (bicyclic) bond motifs is 1. The van der Waals surface area contributed by atoms with Crippen LogP contribution in [0.5, 0.6) is 0 Å². The SMILES string of the molecule is CC1(C)NC(=O)c2ccc(Nc3nccc(N[C@H](CO)c4ccccc4)n3)cc21. The fourth-order valence-corrected chi connectivity index (χ4v) is 3.48. The van der Waals surface area contributed by atoms with E-state index in [-0.39, 0.29) is 18.6 Å². The average molecular weight is 389 g/mol. The monoisotopic (exact) mass is 389 g/mol. The lowest BCUT2D eigenvalue weighted by Crippen LogP contribution is -2.32. The molecule has 0 spiro atoms. The molecule has 148 valence electrons. The Morgan fingerprint density at radius 3 is 2.69 bits per heavy atom. The van der Waals surface area contributed by atoms with Crippen molar-refractivity contribution in [3.05, 3.63) is 77.5 Å². The number of benzene rings is 2. The van der Waals surface area contributed by atoms with Crippen LogP contribution in [-0.2, 0) is 5.54 Å². The Balaban J connectivity index is 1.54. The van der Waals surface area contributed by atoms with Crippen LogP contribution in [0.15, 0.2) is 60.8 Å². The molecule has 29 heavy (non-hydrogen) atoms.